The molecule has 0 amide bonds. The number of aromatic nitrogens is 6. The van der Waals surface area contributed by atoms with E-state index in [1.54, 1.807) is 18.5 Å². The number of fused-ring (bicyclic) bond motifs is 1. The van der Waals surface area contributed by atoms with Crippen molar-refractivity contribution in [1.29, 1.82) is 0 Å². The fourth-order valence-corrected chi connectivity index (χ4v) is 2.67. The van der Waals surface area contributed by atoms with E-state index in [0.29, 0.717) is 17.3 Å². The summed E-state index contributed by atoms with van der Waals surface area (Å²) in [6, 6.07) is 3.91. The van der Waals surface area contributed by atoms with Gasteiger partial charge in [-0.2, -0.15) is 33.3 Å². The molecule has 0 radical (unpaired) electrons. The van der Waals surface area contributed by atoms with E-state index in [1.807, 2.05) is 0 Å². The Morgan fingerprint density at radius 3 is 2.63 bits per heavy atom. The maximum atomic E-state index is 14.1. The minimum atomic E-state index is -4.57. The highest BCUT2D eigenvalue weighted by molar-refractivity contribution is 5.83. The highest BCUT2D eigenvalue weighted by Gasteiger charge is 2.31. The van der Waals surface area contributed by atoms with Crippen molar-refractivity contribution in [3.05, 3.63) is 59.8 Å². The van der Waals surface area contributed by atoms with E-state index in [2.05, 4.69) is 20.2 Å². The molecular weight excluding hydrogens is 366 g/mol. The van der Waals surface area contributed by atoms with Gasteiger partial charge in [0.15, 0.2) is 11.5 Å². The number of benzene rings is 1. The van der Waals surface area contributed by atoms with E-state index < -0.39 is 17.6 Å². The lowest BCUT2D eigenvalue weighted by Gasteiger charge is -2.10. The maximum absolute atomic E-state index is 14.1. The summed E-state index contributed by atoms with van der Waals surface area (Å²) in [6.07, 6.45) is 0.0450. The fraction of sp³-hybridized carbons (Fsp3) is 0.125. The molecule has 1 aromatic carbocycles. The molecule has 3 heterocycles. The first-order chi connectivity index (χ1) is 12.8. The topological polar surface area (TPSA) is 87.4 Å². The Labute approximate surface area is 149 Å². The highest BCUT2D eigenvalue weighted by Crippen LogP contribution is 2.31. The van der Waals surface area contributed by atoms with Gasteiger partial charge in [0.2, 0.25) is 5.95 Å². The van der Waals surface area contributed by atoms with Gasteiger partial charge in [0.05, 0.1) is 23.7 Å². The molecule has 7 nitrogen and oxygen atoms in total. The zero-order valence-corrected chi connectivity index (χ0v) is 13.5. The molecule has 0 saturated heterocycles. The number of rotatable bonds is 3. The summed E-state index contributed by atoms with van der Waals surface area (Å²) >= 11 is 0. The summed E-state index contributed by atoms with van der Waals surface area (Å²) in [4.78, 5) is 8.20. The lowest BCUT2D eigenvalue weighted by molar-refractivity contribution is -0.137. The number of alkyl halides is 3. The molecule has 3 aromatic heterocycles. The zero-order chi connectivity index (χ0) is 19.2. The average molecular weight is 377 g/mol. The lowest BCUT2D eigenvalue weighted by Crippen LogP contribution is -2.10. The Hall–Kier alpha value is -3.50. The monoisotopic (exact) mass is 377 g/mol. The van der Waals surface area contributed by atoms with Crippen molar-refractivity contribution in [2.45, 2.75) is 12.7 Å². The van der Waals surface area contributed by atoms with Crippen LogP contribution in [0.25, 0.3) is 16.9 Å². The smallest absolute Gasteiger partial charge is 0.368 e. The van der Waals surface area contributed by atoms with E-state index >= 15 is 0 Å². The number of hydrogen-bond donors (Lipinski definition) is 1. The first-order valence-corrected chi connectivity index (χ1v) is 7.67. The number of hydrogen-bond acceptors (Lipinski definition) is 5. The van der Waals surface area contributed by atoms with Crippen molar-refractivity contribution in [1.82, 2.24) is 29.5 Å². The molecular formula is C16H11F4N7. The van der Waals surface area contributed by atoms with Gasteiger partial charge in [-0.05, 0) is 24.3 Å². The number of nitrogens with two attached hydrogens (primary N) is 1. The first kappa shape index (κ1) is 16.9. The molecule has 27 heavy (non-hydrogen) atoms. The molecule has 0 spiro atoms. The van der Waals surface area contributed by atoms with Gasteiger partial charge >= 0.3 is 6.18 Å². The summed E-state index contributed by atoms with van der Waals surface area (Å²) in [5.74, 6) is -0.487. The fourth-order valence-electron chi connectivity index (χ4n) is 2.67. The van der Waals surface area contributed by atoms with Crippen molar-refractivity contribution in [2.75, 3.05) is 5.73 Å². The molecule has 0 aliphatic heterocycles. The summed E-state index contributed by atoms with van der Waals surface area (Å²) in [6.45, 7) is -0.256. The average Bonchev–Trinajstić information content (AvgIpc) is 3.26. The van der Waals surface area contributed by atoms with Crippen molar-refractivity contribution in [2.24, 2.45) is 0 Å². The molecule has 0 aliphatic rings. The molecule has 0 fully saturated rings. The van der Waals surface area contributed by atoms with Gasteiger partial charge in [-0.25, -0.2) is 13.8 Å². The van der Waals surface area contributed by atoms with E-state index in [9.17, 15) is 17.6 Å². The second-order valence-electron chi connectivity index (χ2n) is 5.70. The highest BCUT2D eigenvalue weighted by atomic mass is 19.4. The van der Waals surface area contributed by atoms with Crippen molar-refractivity contribution < 1.29 is 17.6 Å². The first-order valence-electron chi connectivity index (χ1n) is 7.67. The normalized spacial score (nSPS) is 12.0. The van der Waals surface area contributed by atoms with Gasteiger partial charge in [0, 0.05) is 18.0 Å². The minimum absolute atomic E-state index is 0.0701. The van der Waals surface area contributed by atoms with Gasteiger partial charge in [-0.1, -0.05) is 0 Å². The van der Waals surface area contributed by atoms with Crippen LogP contribution in [0.4, 0.5) is 23.5 Å². The van der Waals surface area contributed by atoms with Crippen LogP contribution in [0, 0.1) is 5.82 Å². The SMILES string of the molecule is Nc1nc(-n2cccn2)c2cnn(Cc3cc(C(F)(F)F)ccc3F)c2n1. The van der Waals surface area contributed by atoms with Crippen molar-refractivity contribution >= 4 is 17.0 Å². The molecule has 2 N–H and O–H groups in total. The quantitative estimate of drug-likeness (QED) is 0.555. The van der Waals surface area contributed by atoms with Crippen molar-refractivity contribution in [3.8, 4) is 5.82 Å². The van der Waals surface area contributed by atoms with Crippen LogP contribution in [0.15, 0.2) is 42.9 Å². The van der Waals surface area contributed by atoms with Gasteiger partial charge in [0.1, 0.15) is 5.82 Å². The molecule has 138 valence electrons. The predicted octanol–water partition coefficient (Wildman–Crippen LogP) is 2.80. The maximum Gasteiger partial charge on any atom is 0.416 e. The van der Waals surface area contributed by atoms with Crippen LogP contribution >= 0.6 is 0 Å². The molecule has 11 heteroatoms. The molecule has 4 aromatic rings. The second kappa shape index (κ2) is 6.04. The van der Waals surface area contributed by atoms with Crippen LogP contribution in [0.3, 0.4) is 0 Å². The van der Waals surface area contributed by atoms with Crippen LogP contribution in [-0.2, 0) is 12.7 Å². The molecule has 0 saturated carbocycles. The largest absolute Gasteiger partial charge is 0.416 e. The third-order valence-electron chi connectivity index (χ3n) is 3.91. The summed E-state index contributed by atoms with van der Waals surface area (Å²) < 4.78 is 55.5. The van der Waals surface area contributed by atoms with Crippen LogP contribution < -0.4 is 5.73 Å². The molecule has 0 atom stereocenters. The third-order valence-corrected chi connectivity index (χ3v) is 3.91. The van der Waals surface area contributed by atoms with Crippen LogP contribution in [0.5, 0.6) is 0 Å². The van der Waals surface area contributed by atoms with Gasteiger partial charge in [-0.3, -0.25) is 0 Å². The van der Waals surface area contributed by atoms with E-state index in [-0.39, 0.29) is 23.7 Å². The van der Waals surface area contributed by atoms with E-state index in [1.165, 1.54) is 15.6 Å². The Bertz CT molecular complexity index is 1120. The third kappa shape index (κ3) is 3.07. The summed E-state index contributed by atoms with van der Waals surface area (Å²) in [5.41, 5.74) is 4.87. The Morgan fingerprint density at radius 2 is 1.93 bits per heavy atom. The van der Waals surface area contributed by atoms with E-state index in [4.69, 9.17) is 5.73 Å². The molecule has 0 aliphatic carbocycles. The second-order valence-corrected chi connectivity index (χ2v) is 5.70. The van der Waals surface area contributed by atoms with Crippen LogP contribution in [-0.4, -0.2) is 29.5 Å². The Balaban J connectivity index is 1.80. The van der Waals surface area contributed by atoms with Gasteiger partial charge < -0.3 is 5.73 Å². The predicted molar refractivity (Wildman–Crippen MR) is 87.4 cm³/mol. The lowest BCUT2D eigenvalue weighted by atomic mass is 10.1. The number of anilines is 1. The minimum Gasteiger partial charge on any atom is -0.368 e. The molecule has 4 rings (SSSR count). The van der Waals surface area contributed by atoms with Gasteiger partial charge in [0.25, 0.3) is 0 Å². The summed E-state index contributed by atoms with van der Waals surface area (Å²) in [5, 5.41) is 8.65. The standard InChI is InChI=1S/C16H11F4N7/c17-12-3-2-10(16(18,19)20)6-9(12)8-27-14-11(7-23-27)13(24-15(21)25-14)26-5-1-4-22-26/h1-7H,8H2,(H2,21,24,25). The van der Waals surface area contributed by atoms with Crippen molar-refractivity contribution in [3.63, 3.8) is 0 Å². The molecule has 0 unspecified atom stereocenters. The zero-order valence-electron chi connectivity index (χ0n) is 13.5. The Morgan fingerprint density at radius 1 is 1.11 bits per heavy atom. The van der Waals surface area contributed by atoms with Gasteiger partial charge in [-0.15, -0.1) is 0 Å². The van der Waals surface area contributed by atoms with Crippen LogP contribution in [0.1, 0.15) is 11.1 Å². The molecule has 0 bridgehead atoms. The number of halogens is 4. The van der Waals surface area contributed by atoms with Crippen LogP contribution in [0.2, 0.25) is 0 Å². The van der Waals surface area contributed by atoms with E-state index in [0.717, 1.165) is 12.1 Å². The summed E-state index contributed by atoms with van der Waals surface area (Å²) in [7, 11) is 0. The Kier molecular flexibility index (Phi) is 3.79. The number of nitrogen functional groups attached to an aromatic ring is 1. The number of nitrogens with zero attached hydrogens (tertiary/aromatic N) is 6.